The summed E-state index contributed by atoms with van der Waals surface area (Å²) in [5.74, 6) is -2.33. The molecule has 0 amide bonds. The molecule has 11 heteroatoms. The zero-order valence-electron chi connectivity index (χ0n) is 17.7. The van der Waals surface area contributed by atoms with Crippen LogP contribution in [-0.2, 0) is 27.0 Å². The Morgan fingerprint density at radius 1 is 1.06 bits per heavy atom. The van der Waals surface area contributed by atoms with Gasteiger partial charge in [0.2, 0.25) is 0 Å². The molecule has 180 valence electrons. The first-order valence-electron chi connectivity index (χ1n) is 9.82. The zero-order valence-corrected chi connectivity index (χ0v) is 17.7. The van der Waals surface area contributed by atoms with Crippen molar-refractivity contribution in [3.05, 3.63) is 59.7 Å². The van der Waals surface area contributed by atoms with Gasteiger partial charge in [0.05, 0.1) is 19.3 Å². The van der Waals surface area contributed by atoms with Crippen molar-refractivity contribution in [2.45, 2.75) is 18.8 Å². The van der Waals surface area contributed by atoms with Crippen LogP contribution in [0, 0.1) is 0 Å². The van der Waals surface area contributed by atoms with E-state index in [1.54, 1.807) is 7.11 Å². The number of alkyl halides is 3. The molecule has 0 bridgehead atoms. The van der Waals surface area contributed by atoms with Crippen molar-refractivity contribution in [1.29, 1.82) is 0 Å². The number of rotatable bonds is 6. The third kappa shape index (κ3) is 8.62. The number of para-hydroxylation sites is 2. The molecule has 1 unspecified atom stereocenters. The van der Waals surface area contributed by atoms with E-state index in [4.69, 9.17) is 34.0 Å². The summed E-state index contributed by atoms with van der Waals surface area (Å²) < 4.78 is 54.8. The van der Waals surface area contributed by atoms with Gasteiger partial charge in [-0.15, -0.1) is 0 Å². The molecule has 1 heterocycles. The molecule has 2 N–H and O–H groups in total. The summed E-state index contributed by atoms with van der Waals surface area (Å²) in [4.78, 5) is 20.4. The number of methoxy groups -OCH3 is 1. The van der Waals surface area contributed by atoms with Crippen molar-refractivity contribution < 1.29 is 47.2 Å². The highest BCUT2D eigenvalue weighted by atomic mass is 19.4. The number of morpholine rings is 1. The summed E-state index contributed by atoms with van der Waals surface area (Å²) in [5, 5.41) is 14.8. The van der Waals surface area contributed by atoms with Crippen LogP contribution in [0.2, 0.25) is 0 Å². The van der Waals surface area contributed by atoms with E-state index in [1.807, 2.05) is 24.3 Å². The normalized spacial score (nSPS) is 16.3. The molecule has 1 atom stereocenters. The van der Waals surface area contributed by atoms with Gasteiger partial charge in [-0.2, -0.15) is 13.2 Å². The average molecular weight is 471 g/mol. The standard InChI is InChI=1S/C20H22F3NO3.C2H2O4/c1-25-18-4-2-3-5-19(18)27-14-17-13-24(10-11-26-17)12-15-6-8-16(9-7-15)20(21,22)23;3-1(4)2(5)6/h2-9,17H,10-14H2,1H3;(H,3,4)(H,5,6). The van der Waals surface area contributed by atoms with E-state index in [-0.39, 0.29) is 6.10 Å². The van der Waals surface area contributed by atoms with Gasteiger partial charge in [0, 0.05) is 19.6 Å². The molecule has 0 aromatic heterocycles. The summed E-state index contributed by atoms with van der Waals surface area (Å²) >= 11 is 0. The number of hydrogen-bond acceptors (Lipinski definition) is 6. The van der Waals surface area contributed by atoms with E-state index in [2.05, 4.69) is 4.90 Å². The first-order valence-corrected chi connectivity index (χ1v) is 9.82. The zero-order chi connectivity index (χ0) is 24.4. The summed E-state index contributed by atoms with van der Waals surface area (Å²) in [6.45, 7) is 2.89. The van der Waals surface area contributed by atoms with Gasteiger partial charge >= 0.3 is 18.1 Å². The maximum atomic E-state index is 12.7. The number of ether oxygens (including phenoxy) is 3. The quantitative estimate of drug-likeness (QED) is 0.619. The van der Waals surface area contributed by atoms with E-state index < -0.39 is 23.7 Å². The van der Waals surface area contributed by atoms with Crippen molar-refractivity contribution in [2.75, 3.05) is 33.4 Å². The van der Waals surface area contributed by atoms with Gasteiger partial charge < -0.3 is 24.4 Å². The summed E-state index contributed by atoms with van der Waals surface area (Å²) in [5.41, 5.74) is 0.214. The lowest BCUT2D eigenvalue weighted by molar-refractivity contribution is -0.159. The van der Waals surface area contributed by atoms with Gasteiger partial charge in [-0.05, 0) is 29.8 Å². The molecule has 1 aliphatic rings. The van der Waals surface area contributed by atoms with E-state index in [0.29, 0.717) is 37.8 Å². The number of carboxylic acid groups (broad SMARTS) is 2. The molecule has 0 aliphatic carbocycles. The molecule has 1 aliphatic heterocycles. The molecule has 0 saturated carbocycles. The topological polar surface area (TPSA) is 106 Å². The van der Waals surface area contributed by atoms with Gasteiger partial charge in [-0.3, -0.25) is 4.90 Å². The first kappa shape index (κ1) is 25.9. The Kier molecular flexibility index (Phi) is 9.49. The van der Waals surface area contributed by atoms with Crippen LogP contribution < -0.4 is 9.47 Å². The minimum atomic E-state index is -4.31. The van der Waals surface area contributed by atoms with Gasteiger partial charge in [-0.1, -0.05) is 24.3 Å². The molecule has 2 aromatic carbocycles. The second kappa shape index (κ2) is 12.1. The van der Waals surface area contributed by atoms with Crippen molar-refractivity contribution >= 4 is 11.9 Å². The van der Waals surface area contributed by atoms with E-state index in [0.717, 1.165) is 24.2 Å². The van der Waals surface area contributed by atoms with Crippen LogP contribution in [0.3, 0.4) is 0 Å². The first-order chi connectivity index (χ1) is 15.6. The van der Waals surface area contributed by atoms with Crippen LogP contribution >= 0.6 is 0 Å². The van der Waals surface area contributed by atoms with E-state index in [1.165, 1.54) is 12.1 Å². The van der Waals surface area contributed by atoms with Gasteiger partial charge in [0.15, 0.2) is 11.5 Å². The lowest BCUT2D eigenvalue weighted by atomic mass is 10.1. The molecule has 8 nitrogen and oxygen atoms in total. The lowest BCUT2D eigenvalue weighted by Crippen LogP contribution is -2.44. The highest BCUT2D eigenvalue weighted by Crippen LogP contribution is 2.29. The highest BCUT2D eigenvalue weighted by molar-refractivity contribution is 6.27. The fraction of sp³-hybridized carbons (Fsp3) is 0.364. The average Bonchev–Trinajstić information content (AvgIpc) is 2.78. The number of halogens is 3. The molecule has 3 rings (SSSR count). The Hall–Kier alpha value is -3.31. The number of hydrogen-bond donors (Lipinski definition) is 2. The van der Waals surface area contributed by atoms with Crippen molar-refractivity contribution in [1.82, 2.24) is 4.90 Å². The summed E-state index contributed by atoms with van der Waals surface area (Å²) in [7, 11) is 1.59. The van der Waals surface area contributed by atoms with Crippen LogP contribution in [0.4, 0.5) is 13.2 Å². The fourth-order valence-electron chi connectivity index (χ4n) is 3.00. The van der Waals surface area contributed by atoms with Gasteiger partial charge in [-0.25, -0.2) is 9.59 Å². The number of nitrogens with zero attached hydrogens (tertiary/aromatic N) is 1. The van der Waals surface area contributed by atoms with Crippen LogP contribution in [-0.4, -0.2) is 66.6 Å². The van der Waals surface area contributed by atoms with Gasteiger partial charge in [0.1, 0.15) is 12.7 Å². The predicted octanol–water partition coefficient (Wildman–Crippen LogP) is 3.15. The number of carbonyl (C=O) groups is 2. The van der Waals surface area contributed by atoms with Crippen molar-refractivity contribution in [3.63, 3.8) is 0 Å². The second-order valence-electron chi connectivity index (χ2n) is 6.99. The minimum absolute atomic E-state index is 0.113. The van der Waals surface area contributed by atoms with Crippen LogP contribution in [0.25, 0.3) is 0 Å². The smallest absolute Gasteiger partial charge is 0.416 e. The summed E-state index contributed by atoms with van der Waals surface area (Å²) in [6.07, 6.45) is -4.42. The lowest BCUT2D eigenvalue weighted by Gasteiger charge is -2.33. The number of benzene rings is 2. The molecular weight excluding hydrogens is 447 g/mol. The van der Waals surface area contributed by atoms with Crippen molar-refractivity contribution in [2.24, 2.45) is 0 Å². The predicted molar refractivity (Wildman–Crippen MR) is 110 cm³/mol. The molecule has 1 saturated heterocycles. The van der Waals surface area contributed by atoms with Crippen LogP contribution in [0.5, 0.6) is 11.5 Å². The van der Waals surface area contributed by atoms with Crippen LogP contribution in [0.15, 0.2) is 48.5 Å². The minimum Gasteiger partial charge on any atom is -0.493 e. The van der Waals surface area contributed by atoms with E-state index in [9.17, 15) is 13.2 Å². The van der Waals surface area contributed by atoms with Crippen molar-refractivity contribution in [3.8, 4) is 11.5 Å². The molecule has 2 aromatic rings. The molecule has 33 heavy (non-hydrogen) atoms. The third-order valence-corrected chi connectivity index (χ3v) is 4.59. The van der Waals surface area contributed by atoms with Gasteiger partial charge in [0.25, 0.3) is 0 Å². The Morgan fingerprint density at radius 2 is 1.67 bits per heavy atom. The third-order valence-electron chi connectivity index (χ3n) is 4.59. The van der Waals surface area contributed by atoms with E-state index >= 15 is 0 Å². The fourth-order valence-corrected chi connectivity index (χ4v) is 3.00. The highest BCUT2D eigenvalue weighted by Gasteiger charge is 2.30. The van der Waals surface area contributed by atoms with Crippen LogP contribution in [0.1, 0.15) is 11.1 Å². The Morgan fingerprint density at radius 3 is 2.21 bits per heavy atom. The maximum Gasteiger partial charge on any atom is 0.416 e. The Balaban J connectivity index is 0.000000569. The SMILES string of the molecule is COc1ccccc1OCC1CN(Cc2ccc(C(F)(F)F)cc2)CCO1.O=C(O)C(=O)O. The molecule has 0 spiro atoms. The summed E-state index contributed by atoms with van der Waals surface area (Å²) in [6, 6.07) is 12.7. The Bertz CT molecular complexity index is 907. The Labute approximate surface area is 188 Å². The largest absolute Gasteiger partial charge is 0.493 e. The molecule has 1 fully saturated rings. The monoisotopic (exact) mass is 471 g/mol. The molecule has 0 radical (unpaired) electrons. The number of carboxylic acids is 2. The number of aliphatic carboxylic acids is 2. The maximum absolute atomic E-state index is 12.7. The molecular formula is C22H24F3NO7. The second-order valence-corrected chi connectivity index (χ2v) is 6.99.